The van der Waals surface area contributed by atoms with Crippen molar-refractivity contribution in [1.82, 2.24) is 0 Å². The average molecular weight is 719 g/mol. The Morgan fingerprint density at radius 3 is 1.16 bits per heavy atom. The van der Waals surface area contributed by atoms with Gasteiger partial charge in [-0.1, -0.05) is 158 Å². The van der Waals surface area contributed by atoms with Gasteiger partial charge >= 0.3 is 14.1 Å². The number of rotatable bonds is 4. The Labute approximate surface area is 322 Å². The van der Waals surface area contributed by atoms with Crippen molar-refractivity contribution in [2.75, 3.05) is 9.62 Å². The SMILES string of the molecule is c1ccc([Si](c2ccccc2)(c2ccc3c(c2)-c2ccccc2N2B3Oc3ccccc32)c2ccc3c(c2)-c2ccccc2N2B3Oc3ccccc32)cc1. The molecule has 12 rings (SSSR count). The lowest BCUT2D eigenvalue weighted by atomic mass is 9.65. The molecule has 0 radical (unpaired) electrons. The highest BCUT2D eigenvalue weighted by Crippen LogP contribution is 2.48. The van der Waals surface area contributed by atoms with Crippen molar-refractivity contribution in [2.24, 2.45) is 0 Å². The number of hydrogen-bond donors (Lipinski definition) is 0. The Balaban J connectivity index is 1.12. The van der Waals surface area contributed by atoms with Crippen LogP contribution in [0.25, 0.3) is 22.3 Å². The molecule has 0 amide bonds. The van der Waals surface area contributed by atoms with Crippen molar-refractivity contribution < 1.29 is 9.31 Å². The maximum atomic E-state index is 6.75. The van der Waals surface area contributed by atoms with Crippen molar-refractivity contribution in [3.05, 3.63) is 194 Å². The van der Waals surface area contributed by atoms with Crippen LogP contribution in [-0.4, -0.2) is 22.2 Å². The van der Waals surface area contributed by atoms with E-state index in [-0.39, 0.29) is 14.1 Å². The third-order valence-electron chi connectivity index (χ3n) is 12.0. The van der Waals surface area contributed by atoms with Gasteiger partial charge in [0.15, 0.2) is 8.07 Å². The van der Waals surface area contributed by atoms with E-state index in [0.717, 1.165) is 22.9 Å². The van der Waals surface area contributed by atoms with E-state index in [0.29, 0.717) is 0 Å². The number of fused-ring (bicyclic) bond motifs is 16. The minimum absolute atomic E-state index is 0.236. The molecule has 8 aromatic rings. The van der Waals surface area contributed by atoms with Crippen molar-refractivity contribution in [2.45, 2.75) is 0 Å². The molecular formula is C48H32B2N2O2Si. The average Bonchev–Trinajstić information content (AvgIpc) is 3.85. The quantitative estimate of drug-likeness (QED) is 0.147. The van der Waals surface area contributed by atoms with Crippen molar-refractivity contribution in [1.29, 1.82) is 0 Å². The van der Waals surface area contributed by atoms with E-state index in [2.05, 4.69) is 204 Å². The molecule has 0 unspecified atom stereocenters. The largest absolute Gasteiger partial charge is 0.536 e. The number of para-hydroxylation sites is 6. The Hall–Kier alpha value is -6.69. The fourth-order valence-electron chi connectivity index (χ4n) is 9.70. The predicted octanol–water partition coefficient (Wildman–Crippen LogP) is 6.88. The zero-order valence-electron chi connectivity index (χ0n) is 29.8. The van der Waals surface area contributed by atoms with Gasteiger partial charge in [0.25, 0.3) is 0 Å². The molecular weight excluding hydrogens is 686 g/mol. The predicted molar refractivity (Wildman–Crippen MR) is 230 cm³/mol. The van der Waals surface area contributed by atoms with Crippen LogP contribution in [0.2, 0.25) is 0 Å². The highest BCUT2D eigenvalue weighted by molar-refractivity contribution is 7.20. The lowest BCUT2D eigenvalue weighted by molar-refractivity contribution is 0.603. The van der Waals surface area contributed by atoms with Crippen LogP contribution in [-0.2, 0) is 0 Å². The summed E-state index contributed by atoms with van der Waals surface area (Å²) in [6, 6.07) is 71.3. The van der Waals surface area contributed by atoms with Crippen LogP contribution < -0.4 is 50.6 Å². The second-order valence-electron chi connectivity index (χ2n) is 14.7. The first-order valence-corrected chi connectivity index (χ1v) is 21.0. The van der Waals surface area contributed by atoms with Crippen molar-refractivity contribution in [3.8, 4) is 33.8 Å². The lowest BCUT2D eigenvalue weighted by Crippen LogP contribution is -2.75. The van der Waals surface area contributed by atoms with Gasteiger partial charge in [-0.05, 0) is 79.2 Å². The van der Waals surface area contributed by atoms with Gasteiger partial charge in [0.1, 0.15) is 11.5 Å². The zero-order chi connectivity index (χ0) is 36.1. The van der Waals surface area contributed by atoms with Crippen LogP contribution in [0, 0.1) is 0 Å². The molecule has 0 saturated heterocycles. The summed E-state index contributed by atoms with van der Waals surface area (Å²) in [4.78, 5) is 4.72. The second-order valence-corrected chi connectivity index (χ2v) is 18.5. The second kappa shape index (κ2) is 11.7. The maximum Gasteiger partial charge on any atom is 0.524 e. The molecule has 4 aliphatic rings. The van der Waals surface area contributed by atoms with E-state index in [9.17, 15) is 0 Å². The van der Waals surface area contributed by atoms with E-state index in [1.165, 1.54) is 65.3 Å². The van der Waals surface area contributed by atoms with Crippen molar-refractivity contribution >= 4 is 76.6 Å². The lowest BCUT2D eigenvalue weighted by Gasteiger charge is -2.38. The highest BCUT2D eigenvalue weighted by Gasteiger charge is 2.49. The van der Waals surface area contributed by atoms with Crippen LogP contribution in [0.3, 0.4) is 0 Å². The van der Waals surface area contributed by atoms with Gasteiger partial charge in [0.05, 0.1) is 11.4 Å². The molecule has 0 atom stereocenters. The van der Waals surface area contributed by atoms with E-state index in [4.69, 9.17) is 9.31 Å². The summed E-state index contributed by atoms with van der Waals surface area (Å²) in [5.74, 6) is 1.83. The van der Waals surface area contributed by atoms with Crippen molar-refractivity contribution in [3.63, 3.8) is 0 Å². The number of nitrogens with zero attached hydrogens (tertiary/aromatic N) is 2. The first-order valence-electron chi connectivity index (χ1n) is 19.0. The monoisotopic (exact) mass is 718 g/mol. The summed E-state index contributed by atoms with van der Waals surface area (Å²) in [6.07, 6.45) is 0. The maximum absolute atomic E-state index is 6.75. The van der Waals surface area contributed by atoms with Crippen LogP contribution in [0.1, 0.15) is 0 Å². The first kappa shape index (κ1) is 30.7. The molecule has 0 aliphatic carbocycles. The van der Waals surface area contributed by atoms with Crippen LogP contribution in [0.4, 0.5) is 22.7 Å². The number of anilines is 4. The van der Waals surface area contributed by atoms with Gasteiger partial charge in [-0.25, -0.2) is 0 Å². The fourth-order valence-corrected chi connectivity index (χ4v) is 14.5. The zero-order valence-corrected chi connectivity index (χ0v) is 30.8. The standard InChI is InChI=1S/C48H32B2N2O2Si/c1-3-15-33(16-4-1)55(34-17-5-2-6-18-34,35-27-29-41-39(31-35)37-19-7-9-21-43(37)51-45-23-11-13-25-47(45)53-49(41)51)36-28-30-42-40(32-36)38-20-8-10-22-44(38)52-46-24-12-14-26-48(46)54-50(42)52/h1-32H. The minimum Gasteiger partial charge on any atom is -0.536 e. The van der Waals surface area contributed by atoms with E-state index >= 15 is 0 Å². The van der Waals surface area contributed by atoms with Gasteiger partial charge < -0.3 is 18.9 Å². The summed E-state index contributed by atoms with van der Waals surface area (Å²) in [5.41, 5.74) is 11.8. The normalized spacial score (nSPS) is 14.0. The molecule has 0 aromatic heterocycles. The molecule has 4 aliphatic heterocycles. The van der Waals surface area contributed by atoms with Gasteiger partial charge in [-0.2, -0.15) is 0 Å². The summed E-state index contributed by atoms with van der Waals surface area (Å²) < 4.78 is 13.5. The summed E-state index contributed by atoms with van der Waals surface area (Å²) >= 11 is 0. The number of hydrogen-bond acceptors (Lipinski definition) is 4. The Kier molecular flexibility index (Phi) is 6.51. The molecule has 4 heterocycles. The minimum atomic E-state index is -2.96. The van der Waals surface area contributed by atoms with Gasteiger partial charge in [-0.15, -0.1) is 0 Å². The molecule has 0 N–H and O–H groups in total. The molecule has 0 bridgehead atoms. The number of benzene rings is 8. The van der Waals surface area contributed by atoms with E-state index < -0.39 is 8.07 Å². The van der Waals surface area contributed by atoms with Gasteiger partial charge in [0, 0.05) is 22.5 Å². The third kappa shape index (κ3) is 4.24. The Morgan fingerprint density at radius 2 is 0.709 bits per heavy atom. The molecule has 0 fully saturated rings. The summed E-state index contributed by atoms with van der Waals surface area (Å²) in [6.45, 7) is 0. The summed E-state index contributed by atoms with van der Waals surface area (Å²) in [7, 11) is -3.44. The molecule has 7 heteroatoms. The smallest absolute Gasteiger partial charge is 0.524 e. The first-order chi connectivity index (χ1) is 27.3. The molecule has 8 aromatic carbocycles. The fraction of sp³-hybridized carbons (Fsp3) is 0. The molecule has 0 saturated carbocycles. The molecule has 256 valence electrons. The topological polar surface area (TPSA) is 24.9 Å². The molecule has 0 spiro atoms. The molecule has 55 heavy (non-hydrogen) atoms. The highest BCUT2D eigenvalue weighted by atomic mass is 28.3. The Morgan fingerprint density at radius 1 is 0.327 bits per heavy atom. The van der Waals surface area contributed by atoms with Gasteiger partial charge in [-0.3, -0.25) is 0 Å². The van der Waals surface area contributed by atoms with Crippen LogP contribution in [0.5, 0.6) is 11.5 Å². The molecule has 4 nitrogen and oxygen atoms in total. The third-order valence-corrected chi connectivity index (χ3v) is 16.8. The van der Waals surface area contributed by atoms with E-state index in [1.54, 1.807) is 0 Å². The Bertz CT molecular complexity index is 2640. The van der Waals surface area contributed by atoms with E-state index in [1.807, 2.05) is 0 Å². The van der Waals surface area contributed by atoms with Gasteiger partial charge in [0.2, 0.25) is 0 Å². The van der Waals surface area contributed by atoms with Crippen LogP contribution in [0.15, 0.2) is 194 Å². The summed E-state index contributed by atoms with van der Waals surface area (Å²) in [5, 5.41) is 5.34. The van der Waals surface area contributed by atoms with Crippen LogP contribution >= 0.6 is 0 Å².